The van der Waals surface area contributed by atoms with Gasteiger partial charge in [0.1, 0.15) is 0 Å². The molecule has 0 radical (unpaired) electrons. The second-order valence-electron chi connectivity index (χ2n) is 6.99. The van der Waals surface area contributed by atoms with Gasteiger partial charge in [-0.3, -0.25) is 20.2 Å². The molecule has 0 aliphatic heterocycles. The van der Waals surface area contributed by atoms with Crippen LogP contribution in [0.2, 0.25) is 0 Å². The molecule has 2 heterocycles. The maximum absolute atomic E-state index is 12.5. The molecule has 0 saturated carbocycles. The molecule has 32 heavy (non-hydrogen) atoms. The summed E-state index contributed by atoms with van der Waals surface area (Å²) in [6.45, 7) is 3.47. The van der Waals surface area contributed by atoms with Gasteiger partial charge in [-0.15, -0.1) is 0 Å². The van der Waals surface area contributed by atoms with E-state index in [-0.39, 0.29) is 16.4 Å². The number of aromatic nitrogens is 2. The van der Waals surface area contributed by atoms with E-state index in [2.05, 4.69) is 20.6 Å². The average molecular weight is 447 g/mol. The molecule has 160 valence electrons. The second-order valence-corrected chi connectivity index (χ2v) is 7.40. The number of hydrogen-bond acceptors (Lipinski definition) is 7. The molecule has 0 aliphatic carbocycles. The van der Waals surface area contributed by atoms with Gasteiger partial charge in [0.15, 0.2) is 16.3 Å². The van der Waals surface area contributed by atoms with Gasteiger partial charge >= 0.3 is 0 Å². The van der Waals surface area contributed by atoms with Crippen molar-refractivity contribution in [3.8, 4) is 11.5 Å². The number of nitrogens with one attached hydrogen (secondary N) is 2. The minimum atomic E-state index is -0.551. The third-order valence-corrected chi connectivity index (χ3v) is 5.08. The van der Waals surface area contributed by atoms with Gasteiger partial charge in [-0.25, -0.2) is 4.98 Å². The summed E-state index contributed by atoms with van der Waals surface area (Å²) in [6.07, 6.45) is 1.64. The number of nitro groups is 1. The topological polar surface area (TPSA) is 123 Å². The molecule has 4 aromatic rings. The number of nitro benzene ring substituents is 1. The molecule has 4 rings (SSSR count). The van der Waals surface area contributed by atoms with Gasteiger partial charge in [-0.1, -0.05) is 12.1 Å². The van der Waals surface area contributed by atoms with Crippen molar-refractivity contribution in [2.45, 2.75) is 13.8 Å². The zero-order chi connectivity index (χ0) is 22.8. The maximum Gasteiger partial charge on any atom is 0.273 e. The lowest BCUT2D eigenvalue weighted by Crippen LogP contribution is -2.34. The summed E-state index contributed by atoms with van der Waals surface area (Å²) in [6, 6.07) is 13.3. The standard InChI is InChI=1S/C22H17N5O4S/c1-12-8-9-14(11-17(12)27(29)30)20(28)26-22(32)24-16-6-3-5-15(13(16)2)21-25-19-18(31-21)7-4-10-23-19/h3-11H,1-2H3,(H2,24,26,28,32). The molecule has 2 N–H and O–H groups in total. The van der Waals surface area contributed by atoms with E-state index in [0.717, 1.165) is 11.1 Å². The molecule has 0 atom stereocenters. The van der Waals surface area contributed by atoms with Gasteiger partial charge in [-0.2, -0.15) is 4.98 Å². The number of nitrogens with zero attached hydrogens (tertiary/aromatic N) is 3. The Bertz CT molecular complexity index is 1350. The Morgan fingerprint density at radius 1 is 1.16 bits per heavy atom. The van der Waals surface area contributed by atoms with Crippen LogP contribution in [-0.2, 0) is 0 Å². The maximum atomic E-state index is 12.5. The number of pyridine rings is 1. The molecule has 9 nitrogen and oxygen atoms in total. The highest BCUT2D eigenvalue weighted by Gasteiger charge is 2.17. The normalized spacial score (nSPS) is 10.7. The Morgan fingerprint density at radius 3 is 2.72 bits per heavy atom. The van der Waals surface area contributed by atoms with E-state index in [1.54, 1.807) is 37.4 Å². The first-order chi connectivity index (χ1) is 15.3. The van der Waals surface area contributed by atoms with Crippen molar-refractivity contribution < 1.29 is 14.1 Å². The summed E-state index contributed by atoms with van der Waals surface area (Å²) in [5.74, 6) is -0.133. The molecule has 0 fully saturated rings. The summed E-state index contributed by atoms with van der Waals surface area (Å²) >= 11 is 5.27. The number of hydrogen-bond donors (Lipinski definition) is 2. The molecule has 2 aromatic carbocycles. The van der Waals surface area contributed by atoms with Crippen molar-refractivity contribution >= 4 is 45.8 Å². The van der Waals surface area contributed by atoms with Crippen molar-refractivity contribution in [3.63, 3.8) is 0 Å². The Labute approximate surface area is 187 Å². The number of aryl methyl sites for hydroxylation is 1. The number of amides is 1. The molecular formula is C22H17N5O4S. The van der Waals surface area contributed by atoms with Crippen molar-refractivity contribution in [3.05, 3.63) is 81.5 Å². The highest BCUT2D eigenvalue weighted by molar-refractivity contribution is 7.80. The van der Waals surface area contributed by atoms with E-state index in [1.165, 1.54) is 18.2 Å². The molecule has 1 amide bonds. The molecule has 0 spiro atoms. The predicted molar refractivity (Wildman–Crippen MR) is 123 cm³/mol. The smallest absolute Gasteiger partial charge is 0.273 e. The third-order valence-electron chi connectivity index (χ3n) is 4.87. The monoisotopic (exact) mass is 447 g/mol. The van der Waals surface area contributed by atoms with Crippen molar-refractivity contribution in [2.24, 2.45) is 0 Å². The van der Waals surface area contributed by atoms with Gasteiger partial charge in [-0.05, 0) is 62.0 Å². The van der Waals surface area contributed by atoms with Crippen LogP contribution in [0, 0.1) is 24.0 Å². The number of benzene rings is 2. The first-order valence-electron chi connectivity index (χ1n) is 9.52. The highest BCUT2D eigenvalue weighted by Crippen LogP contribution is 2.30. The SMILES string of the molecule is Cc1ccc(C(=O)NC(=S)Nc2cccc(-c3nc4ncccc4o3)c2C)cc1[N+](=O)[O-]. The molecular weight excluding hydrogens is 430 g/mol. The number of rotatable bonds is 4. The second kappa shape index (κ2) is 8.52. The van der Waals surface area contributed by atoms with E-state index in [0.29, 0.717) is 28.4 Å². The quantitative estimate of drug-likeness (QED) is 0.265. The lowest BCUT2D eigenvalue weighted by atomic mass is 10.1. The Hall–Kier alpha value is -4.18. The third kappa shape index (κ3) is 4.16. The van der Waals surface area contributed by atoms with Gasteiger partial charge in [0.25, 0.3) is 11.6 Å². The van der Waals surface area contributed by atoms with Crippen molar-refractivity contribution in [1.29, 1.82) is 0 Å². The summed E-state index contributed by atoms with van der Waals surface area (Å²) in [7, 11) is 0. The number of oxazole rings is 1. The minimum Gasteiger partial charge on any atom is -0.434 e. The Morgan fingerprint density at radius 2 is 1.97 bits per heavy atom. The fraction of sp³-hybridized carbons (Fsp3) is 0.0909. The van der Waals surface area contributed by atoms with Crippen molar-refractivity contribution in [2.75, 3.05) is 5.32 Å². The van der Waals surface area contributed by atoms with Crippen LogP contribution in [0.1, 0.15) is 21.5 Å². The largest absolute Gasteiger partial charge is 0.434 e. The average Bonchev–Trinajstić information content (AvgIpc) is 3.19. The first kappa shape index (κ1) is 21.1. The molecule has 0 unspecified atom stereocenters. The van der Waals surface area contributed by atoms with Crippen LogP contribution in [-0.4, -0.2) is 25.9 Å². The lowest BCUT2D eigenvalue weighted by molar-refractivity contribution is -0.385. The van der Waals surface area contributed by atoms with Gasteiger partial charge in [0.05, 0.1) is 4.92 Å². The van der Waals surface area contributed by atoms with E-state index < -0.39 is 10.8 Å². The minimum absolute atomic E-state index is 0.0534. The van der Waals surface area contributed by atoms with E-state index in [1.807, 2.05) is 13.0 Å². The first-order valence-corrected chi connectivity index (χ1v) is 9.93. The number of carbonyl (C=O) groups excluding carboxylic acids is 1. The van der Waals surface area contributed by atoms with Crippen LogP contribution in [0.3, 0.4) is 0 Å². The molecule has 0 bridgehead atoms. The fourth-order valence-corrected chi connectivity index (χ4v) is 3.37. The zero-order valence-corrected chi connectivity index (χ0v) is 17.9. The Kier molecular flexibility index (Phi) is 5.61. The zero-order valence-electron chi connectivity index (χ0n) is 17.1. The lowest BCUT2D eigenvalue weighted by Gasteiger charge is -2.13. The van der Waals surface area contributed by atoms with Crippen LogP contribution >= 0.6 is 12.2 Å². The van der Waals surface area contributed by atoms with E-state index in [9.17, 15) is 14.9 Å². The molecule has 10 heteroatoms. The van der Waals surface area contributed by atoms with Crippen LogP contribution in [0.15, 0.2) is 59.1 Å². The fourth-order valence-electron chi connectivity index (χ4n) is 3.16. The van der Waals surface area contributed by atoms with E-state index in [4.69, 9.17) is 16.6 Å². The Balaban J connectivity index is 1.52. The highest BCUT2D eigenvalue weighted by atomic mass is 32.1. The van der Waals surface area contributed by atoms with Crippen LogP contribution < -0.4 is 10.6 Å². The summed E-state index contributed by atoms with van der Waals surface area (Å²) in [4.78, 5) is 31.7. The number of anilines is 1. The number of fused-ring (bicyclic) bond motifs is 1. The summed E-state index contributed by atoms with van der Waals surface area (Å²) in [5, 5.41) is 16.7. The van der Waals surface area contributed by atoms with Gasteiger partial charge in [0, 0.05) is 34.6 Å². The van der Waals surface area contributed by atoms with Crippen LogP contribution in [0.5, 0.6) is 0 Å². The number of carbonyl (C=O) groups is 1. The predicted octanol–water partition coefficient (Wildman–Crippen LogP) is 4.54. The molecule has 2 aromatic heterocycles. The van der Waals surface area contributed by atoms with Crippen LogP contribution in [0.25, 0.3) is 22.7 Å². The number of thiocarbonyl (C=S) groups is 1. The van der Waals surface area contributed by atoms with Gasteiger partial charge < -0.3 is 9.73 Å². The summed E-state index contributed by atoms with van der Waals surface area (Å²) in [5.41, 5.74) is 3.76. The molecule has 0 saturated heterocycles. The van der Waals surface area contributed by atoms with Crippen molar-refractivity contribution in [1.82, 2.24) is 15.3 Å². The molecule has 0 aliphatic rings. The van der Waals surface area contributed by atoms with E-state index >= 15 is 0 Å². The summed E-state index contributed by atoms with van der Waals surface area (Å²) < 4.78 is 5.80. The van der Waals surface area contributed by atoms with Crippen LogP contribution in [0.4, 0.5) is 11.4 Å². The van der Waals surface area contributed by atoms with Gasteiger partial charge in [0.2, 0.25) is 5.89 Å².